The van der Waals surface area contributed by atoms with Gasteiger partial charge in [0.2, 0.25) is 0 Å². The molecule has 0 aliphatic heterocycles. The normalized spacial score (nSPS) is 10.0. The number of rotatable bonds is 4. The van der Waals surface area contributed by atoms with Crippen LogP contribution in [-0.2, 0) is 9.53 Å². The maximum absolute atomic E-state index is 10.3. The standard InChI is InChI=1S/C8H15NO2.ClH/c1-8(10)11-7-5-4-6-9(2)3;/h4-5H,6-7H2,1-3H3;1H/b5-4+;. The maximum atomic E-state index is 10.3. The number of hydrogen-bond donors (Lipinski definition) is 0. The van der Waals surface area contributed by atoms with Crippen LogP contribution in [0, 0.1) is 0 Å². The first-order chi connectivity index (χ1) is 5.13. The van der Waals surface area contributed by atoms with Crippen LogP contribution in [0.1, 0.15) is 6.92 Å². The molecule has 0 fully saturated rings. The Labute approximate surface area is 79.8 Å². The van der Waals surface area contributed by atoms with Crippen molar-refractivity contribution in [3.8, 4) is 0 Å². The summed E-state index contributed by atoms with van der Waals surface area (Å²) in [5, 5.41) is 0. The zero-order chi connectivity index (χ0) is 8.69. The molecule has 0 aliphatic rings. The Morgan fingerprint density at radius 3 is 2.42 bits per heavy atom. The van der Waals surface area contributed by atoms with E-state index < -0.39 is 0 Å². The van der Waals surface area contributed by atoms with E-state index in [0.29, 0.717) is 6.61 Å². The molecule has 0 radical (unpaired) electrons. The highest BCUT2D eigenvalue weighted by molar-refractivity contribution is 5.85. The van der Waals surface area contributed by atoms with Crippen molar-refractivity contribution in [1.29, 1.82) is 0 Å². The van der Waals surface area contributed by atoms with Gasteiger partial charge in [-0.2, -0.15) is 0 Å². The van der Waals surface area contributed by atoms with E-state index in [0.717, 1.165) is 6.54 Å². The van der Waals surface area contributed by atoms with E-state index in [4.69, 9.17) is 0 Å². The summed E-state index contributed by atoms with van der Waals surface area (Å²) in [6.45, 7) is 2.66. The van der Waals surface area contributed by atoms with Crippen LogP contribution in [0.25, 0.3) is 0 Å². The van der Waals surface area contributed by atoms with E-state index in [9.17, 15) is 4.79 Å². The molecule has 72 valence electrons. The molecule has 0 saturated heterocycles. The SMILES string of the molecule is CC(=O)OC/C=C/CN(C)C.Cl. The molecule has 0 rings (SSSR count). The fourth-order valence-corrected chi connectivity index (χ4v) is 0.519. The van der Waals surface area contributed by atoms with E-state index in [1.807, 2.05) is 31.1 Å². The smallest absolute Gasteiger partial charge is 0.302 e. The van der Waals surface area contributed by atoms with Gasteiger partial charge in [-0.3, -0.25) is 4.79 Å². The summed E-state index contributed by atoms with van der Waals surface area (Å²) in [6, 6.07) is 0. The third-order valence-corrected chi connectivity index (χ3v) is 1.02. The number of esters is 1. The monoisotopic (exact) mass is 193 g/mol. The highest BCUT2D eigenvalue weighted by atomic mass is 35.5. The van der Waals surface area contributed by atoms with Crippen molar-refractivity contribution < 1.29 is 9.53 Å². The third kappa shape index (κ3) is 12.2. The predicted molar refractivity (Wildman–Crippen MR) is 51.6 cm³/mol. The van der Waals surface area contributed by atoms with E-state index in [2.05, 4.69) is 4.74 Å². The molecule has 0 aromatic heterocycles. The molecule has 12 heavy (non-hydrogen) atoms. The Balaban J connectivity index is 0. The van der Waals surface area contributed by atoms with E-state index in [1.165, 1.54) is 6.92 Å². The molecule has 0 unspecified atom stereocenters. The highest BCUT2D eigenvalue weighted by Crippen LogP contribution is 1.80. The van der Waals surface area contributed by atoms with Gasteiger partial charge in [-0.05, 0) is 20.2 Å². The quantitative estimate of drug-likeness (QED) is 0.495. The molecule has 0 atom stereocenters. The summed E-state index contributed by atoms with van der Waals surface area (Å²) in [7, 11) is 3.96. The van der Waals surface area contributed by atoms with Crippen LogP contribution in [0.4, 0.5) is 0 Å². The first-order valence-corrected chi connectivity index (χ1v) is 3.56. The van der Waals surface area contributed by atoms with Crippen molar-refractivity contribution in [3.63, 3.8) is 0 Å². The van der Waals surface area contributed by atoms with Crippen molar-refractivity contribution in [2.75, 3.05) is 27.2 Å². The Morgan fingerprint density at radius 2 is 2.00 bits per heavy atom. The summed E-state index contributed by atoms with van der Waals surface area (Å²) in [6.07, 6.45) is 3.80. The summed E-state index contributed by atoms with van der Waals surface area (Å²) in [5.41, 5.74) is 0. The number of hydrogen-bond acceptors (Lipinski definition) is 3. The third-order valence-electron chi connectivity index (χ3n) is 1.02. The molecule has 4 heteroatoms. The topological polar surface area (TPSA) is 29.5 Å². The number of carbonyl (C=O) groups is 1. The van der Waals surface area contributed by atoms with E-state index in [-0.39, 0.29) is 18.4 Å². The average Bonchev–Trinajstić information content (AvgIpc) is 1.85. The molecule has 3 nitrogen and oxygen atoms in total. The second-order valence-corrected chi connectivity index (χ2v) is 2.54. The lowest BCUT2D eigenvalue weighted by atomic mass is 10.5. The summed E-state index contributed by atoms with van der Waals surface area (Å²) in [5.74, 6) is -0.237. The van der Waals surface area contributed by atoms with Crippen LogP contribution in [-0.4, -0.2) is 38.1 Å². The predicted octanol–water partition coefficient (Wildman–Crippen LogP) is 1.09. The van der Waals surface area contributed by atoms with Gasteiger partial charge in [0, 0.05) is 13.5 Å². The number of likely N-dealkylation sites (N-methyl/N-ethyl adjacent to an activating group) is 1. The molecule has 0 N–H and O–H groups in total. The molecule has 0 saturated carbocycles. The molecular weight excluding hydrogens is 178 g/mol. The Morgan fingerprint density at radius 1 is 1.42 bits per heavy atom. The van der Waals surface area contributed by atoms with Crippen molar-refractivity contribution in [2.24, 2.45) is 0 Å². The summed E-state index contributed by atoms with van der Waals surface area (Å²) >= 11 is 0. The second-order valence-electron chi connectivity index (χ2n) is 2.54. The Bertz CT molecular complexity index is 146. The number of carbonyl (C=O) groups excluding carboxylic acids is 1. The van der Waals surface area contributed by atoms with Gasteiger partial charge < -0.3 is 9.64 Å². The van der Waals surface area contributed by atoms with Crippen LogP contribution in [0.5, 0.6) is 0 Å². The Kier molecular flexibility index (Phi) is 9.99. The molecule has 0 spiro atoms. The van der Waals surface area contributed by atoms with Gasteiger partial charge in [0.05, 0.1) is 0 Å². The molecule has 0 heterocycles. The van der Waals surface area contributed by atoms with Crippen molar-refractivity contribution >= 4 is 18.4 Å². The lowest BCUT2D eigenvalue weighted by Gasteiger charge is -2.03. The van der Waals surface area contributed by atoms with E-state index >= 15 is 0 Å². The van der Waals surface area contributed by atoms with Crippen LogP contribution in [0.2, 0.25) is 0 Å². The van der Waals surface area contributed by atoms with Crippen molar-refractivity contribution in [3.05, 3.63) is 12.2 Å². The van der Waals surface area contributed by atoms with Gasteiger partial charge in [0.25, 0.3) is 0 Å². The average molecular weight is 194 g/mol. The number of ether oxygens (including phenoxy) is 1. The fraction of sp³-hybridized carbons (Fsp3) is 0.625. The molecule has 0 bridgehead atoms. The van der Waals surface area contributed by atoms with Crippen molar-refractivity contribution in [2.45, 2.75) is 6.92 Å². The first kappa shape index (κ1) is 14.0. The lowest BCUT2D eigenvalue weighted by molar-refractivity contribution is -0.139. The minimum atomic E-state index is -0.237. The summed E-state index contributed by atoms with van der Waals surface area (Å²) < 4.78 is 4.68. The van der Waals surface area contributed by atoms with Gasteiger partial charge in [-0.15, -0.1) is 12.4 Å². The highest BCUT2D eigenvalue weighted by Gasteiger charge is 1.86. The summed E-state index contributed by atoms with van der Waals surface area (Å²) in [4.78, 5) is 12.3. The minimum Gasteiger partial charge on any atom is -0.462 e. The van der Waals surface area contributed by atoms with Gasteiger partial charge in [0.15, 0.2) is 0 Å². The zero-order valence-electron chi connectivity index (χ0n) is 7.74. The zero-order valence-corrected chi connectivity index (χ0v) is 8.56. The lowest BCUT2D eigenvalue weighted by Crippen LogP contribution is -2.10. The molecular formula is C8H16ClNO2. The first-order valence-electron chi connectivity index (χ1n) is 3.56. The van der Waals surface area contributed by atoms with E-state index in [1.54, 1.807) is 0 Å². The molecule has 0 aromatic rings. The minimum absolute atomic E-state index is 0. The molecule has 0 aromatic carbocycles. The molecule has 0 amide bonds. The maximum Gasteiger partial charge on any atom is 0.302 e. The molecule has 0 aliphatic carbocycles. The van der Waals surface area contributed by atoms with Gasteiger partial charge >= 0.3 is 5.97 Å². The van der Waals surface area contributed by atoms with Crippen LogP contribution in [0.3, 0.4) is 0 Å². The fourth-order valence-electron chi connectivity index (χ4n) is 0.519. The largest absolute Gasteiger partial charge is 0.462 e. The van der Waals surface area contributed by atoms with Crippen LogP contribution >= 0.6 is 12.4 Å². The number of halogens is 1. The van der Waals surface area contributed by atoms with Gasteiger partial charge in [-0.25, -0.2) is 0 Å². The van der Waals surface area contributed by atoms with Crippen molar-refractivity contribution in [1.82, 2.24) is 4.90 Å². The second kappa shape index (κ2) is 8.56. The Hall–Kier alpha value is -0.540. The van der Waals surface area contributed by atoms with Crippen LogP contribution < -0.4 is 0 Å². The van der Waals surface area contributed by atoms with Crippen LogP contribution in [0.15, 0.2) is 12.2 Å². The van der Waals surface area contributed by atoms with Gasteiger partial charge in [0.1, 0.15) is 6.61 Å². The number of nitrogens with zero attached hydrogens (tertiary/aromatic N) is 1. The van der Waals surface area contributed by atoms with Gasteiger partial charge in [-0.1, -0.05) is 6.08 Å².